The van der Waals surface area contributed by atoms with Crippen LogP contribution in [0.15, 0.2) is 48.5 Å². The second kappa shape index (κ2) is 7.63. The molecule has 0 heterocycles. The fourth-order valence-electron chi connectivity index (χ4n) is 2.17. The van der Waals surface area contributed by atoms with E-state index in [4.69, 9.17) is 10.8 Å². The summed E-state index contributed by atoms with van der Waals surface area (Å²) in [6.07, 6.45) is -3.87. The summed E-state index contributed by atoms with van der Waals surface area (Å²) in [5.41, 5.74) is 7.49. The van der Waals surface area contributed by atoms with Crippen molar-refractivity contribution in [3.05, 3.63) is 59.7 Å². The molecule has 3 N–H and O–H groups in total. The van der Waals surface area contributed by atoms with E-state index in [9.17, 15) is 13.2 Å². The van der Waals surface area contributed by atoms with E-state index in [-0.39, 0.29) is 25.1 Å². The van der Waals surface area contributed by atoms with Crippen molar-refractivity contribution in [1.82, 2.24) is 0 Å². The van der Waals surface area contributed by atoms with Crippen molar-refractivity contribution in [1.29, 1.82) is 0 Å². The van der Waals surface area contributed by atoms with Gasteiger partial charge in [0.2, 0.25) is 0 Å². The highest BCUT2D eigenvalue weighted by Gasteiger charge is 2.30. The Morgan fingerprint density at radius 3 is 2.14 bits per heavy atom. The average Bonchev–Trinajstić information content (AvgIpc) is 2.47. The molecule has 0 aromatic heterocycles. The number of benzene rings is 2. The molecule has 0 fully saturated rings. The summed E-state index contributed by atoms with van der Waals surface area (Å²) in [5, 5.41) is 9.03. The highest BCUT2D eigenvalue weighted by Crippen LogP contribution is 2.32. The zero-order valence-electron chi connectivity index (χ0n) is 11.7. The summed E-state index contributed by atoms with van der Waals surface area (Å²) in [4.78, 5) is 0. The topological polar surface area (TPSA) is 46.2 Å². The van der Waals surface area contributed by atoms with E-state index >= 15 is 0 Å². The Kier molecular flexibility index (Phi) is 6.41. The van der Waals surface area contributed by atoms with Crippen LogP contribution in [0.5, 0.6) is 0 Å². The van der Waals surface area contributed by atoms with E-state index < -0.39 is 11.7 Å². The van der Waals surface area contributed by atoms with Crippen LogP contribution in [0.2, 0.25) is 0 Å². The first-order chi connectivity index (χ1) is 9.91. The van der Waals surface area contributed by atoms with Gasteiger partial charge in [-0.05, 0) is 35.2 Å². The van der Waals surface area contributed by atoms with Gasteiger partial charge in [-0.1, -0.05) is 36.4 Å². The zero-order chi connectivity index (χ0) is 15.5. The van der Waals surface area contributed by atoms with Crippen molar-refractivity contribution in [2.75, 3.05) is 6.61 Å². The first-order valence-corrected chi connectivity index (χ1v) is 6.54. The number of alkyl halides is 3. The highest BCUT2D eigenvalue weighted by molar-refractivity contribution is 5.85. The summed E-state index contributed by atoms with van der Waals surface area (Å²) in [6, 6.07) is 12.0. The van der Waals surface area contributed by atoms with E-state index in [1.165, 1.54) is 12.1 Å². The second-order valence-electron chi connectivity index (χ2n) is 4.88. The van der Waals surface area contributed by atoms with Gasteiger partial charge in [0.25, 0.3) is 0 Å². The van der Waals surface area contributed by atoms with Crippen molar-refractivity contribution < 1.29 is 18.3 Å². The summed E-state index contributed by atoms with van der Waals surface area (Å²) in [7, 11) is 0. The average molecular weight is 332 g/mol. The molecule has 120 valence electrons. The molecule has 0 aliphatic heterocycles. The van der Waals surface area contributed by atoms with Crippen molar-refractivity contribution in [2.45, 2.75) is 18.6 Å². The van der Waals surface area contributed by atoms with Crippen molar-refractivity contribution >= 4 is 12.4 Å². The van der Waals surface area contributed by atoms with Gasteiger partial charge in [0.15, 0.2) is 0 Å². The fraction of sp³-hybridized carbons (Fsp3) is 0.250. The molecule has 0 saturated carbocycles. The van der Waals surface area contributed by atoms with Crippen LogP contribution in [-0.2, 0) is 12.6 Å². The first-order valence-electron chi connectivity index (χ1n) is 6.54. The molecule has 0 saturated heterocycles. The number of nitrogens with two attached hydrogens (primary N) is 1. The summed E-state index contributed by atoms with van der Waals surface area (Å²) in [5.74, 6) is 0. The molecule has 22 heavy (non-hydrogen) atoms. The Morgan fingerprint density at radius 1 is 1.00 bits per heavy atom. The van der Waals surface area contributed by atoms with Gasteiger partial charge in [-0.15, -0.1) is 12.4 Å². The maximum Gasteiger partial charge on any atom is 0.416 e. The van der Waals surface area contributed by atoms with Gasteiger partial charge in [-0.2, -0.15) is 13.2 Å². The lowest BCUT2D eigenvalue weighted by atomic mass is 9.95. The van der Waals surface area contributed by atoms with Crippen LogP contribution >= 0.6 is 12.4 Å². The minimum absolute atomic E-state index is 0. The molecule has 2 rings (SSSR count). The van der Waals surface area contributed by atoms with Gasteiger partial charge in [-0.25, -0.2) is 0 Å². The maximum absolute atomic E-state index is 12.6. The quantitative estimate of drug-likeness (QED) is 0.898. The van der Waals surface area contributed by atoms with E-state index in [2.05, 4.69) is 0 Å². The maximum atomic E-state index is 12.6. The number of rotatable bonds is 4. The minimum atomic E-state index is -4.34. The van der Waals surface area contributed by atoms with Gasteiger partial charge in [0, 0.05) is 6.04 Å². The van der Waals surface area contributed by atoms with Crippen molar-refractivity contribution in [3.63, 3.8) is 0 Å². The van der Waals surface area contributed by atoms with Crippen LogP contribution in [0.25, 0.3) is 11.1 Å². The monoisotopic (exact) mass is 331 g/mol. The fourth-order valence-corrected chi connectivity index (χ4v) is 2.17. The molecular formula is C16H17ClF3NO. The molecule has 0 radical (unpaired) electrons. The summed E-state index contributed by atoms with van der Waals surface area (Å²) in [6.45, 7) is -0.138. The Bertz CT molecular complexity index is 599. The van der Waals surface area contributed by atoms with Crippen molar-refractivity contribution in [2.24, 2.45) is 5.73 Å². The lowest BCUT2D eigenvalue weighted by Crippen LogP contribution is -2.27. The van der Waals surface area contributed by atoms with E-state index in [0.29, 0.717) is 12.0 Å². The lowest BCUT2D eigenvalue weighted by Gasteiger charge is -2.14. The van der Waals surface area contributed by atoms with Crippen LogP contribution in [0.3, 0.4) is 0 Å². The third-order valence-electron chi connectivity index (χ3n) is 3.26. The minimum Gasteiger partial charge on any atom is -0.395 e. The van der Waals surface area contributed by atoms with Crippen LogP contribution in [-0.4, -0.2) is 17.8 Å². The molecule has 0 amide bonds. The van der Waals surface area contributed by atoms with Crippen LogP contribution in [0.4, 0.5) is 13.2 Å². The molecule has 0 aliphatic rings. The zero-order valence-corrected chi connectivity index (χ0v) is 12.5. The Hall–Kier alpha value is -1.56. The SMILES string of the molecule is Cl.NC(CO)Cc1ccccc1-c1ccc(C(F)(F)F)cc1. The van der Waals surface area contributed by atoms with Gasteiger partial charge in [0.05, 0.1) is 12.2 Å². The molecule has 1 atom stereocenters. The van der Waals surface area contributed by atoms with Gasteiger partial charge >= 0.3 is 6.18 Å². The molecule has 1 unspecified atom stereocenters. The predicted molar refractivity (Wildman–Crippen MR) is 82.9 cm³/mol. The summed E-state index contributed by atoms with van der Waals surface area (Å²) >= 11 is 0. The predicted octanol–water partition coefficient (Wildman–Crippen LogP) is 3.66. The van der Waals surface area contributed by atoms with Crippen LogP contribution < -0.4 is 5.73 Å². The number of aliphatic hydroxyl groups excluding tert-OH is 1. The van der Waals surface area contributed by atoms with Gasteiger partial charge < -0.3 is 10.8 Å². The second-order valence-corrected chi connectivity index (χ2v) is 4.88. The smallest absolute Gasteiger partial charge is 0.395 e. The molecule has 0 spiro atoms. The van der Waals surface area contributed by atoms with Gasteiger partial charge in [-0.3, -0.25) is 0 Å². The Labute approximate surface area is 133 Å². The number of hydrogen-bond donors (Lipinski definition) is 2. The summed E-state index contributed by atoms with van der Waals surface area (Å²) < 4.78 is 37.7. The van der Waals surface area contributed by atoms with Gasteiger partial charge in [0.1, 0.15) is 0 Å². The normalized spacial score (nSPS) is 12.6. The molecule has 0 aliphatic carbocycles. The van der Waals surface area contributed by atoms with Crippen LogP contribution in [0.1, 0.15) is 11.1 Å². The van der Waals surface area contributed by atoms with E-state index in [1.807, 2.05) is 24.3 Å². The van der Waals surface area contributed by atoms with E-state index in [0.717, 1.165) is 23.3 Å². The van der Waals surface area contributed by atoms with Crippen LogP contribution in [0, 0.1) is 0 Å². The third kappa shape index (κ3) is 4.47. The molecule has 2 aromatic carbocycles. The number of halogens is 4. The number of aliphatic hydroxyl groups is 1. The Morgan fingerprint density at radius 2 is 1.59 bits per heavy atom. The molecule has 0 bridgehead atoms. The van der Waals surface area contributed by atoms with Crippen molar-refractivity contribution in [3.8, 4) is 11.1 Å². The van der Waals surface area contributed by atoms with E-state index in [1.54, 1.807) is 0 Å². The largest absolute Gasteiger partial charge is 0.416 e. The number of hydrogen-bond acceptors (Lipinski definition) is 2. The molecule has 2 aromatic rings. The highest BCUT2D eigenvalue weighted by atomic mass is 35.5. The Balaban J connectivity index is 0.00000242. The standard InChI is InChI=1S/C16H16F3NO.ClH/c17-16(18,19)13-7-5-11(6-8-13)15-4-2-1-3-12(15)9-14(20)10-21;/h1-8,14,21H,9-10,20H2;1H. The lowest BCUT2D eigenvalue weighted by molar-refractivity contribution is -0.137. The molecular weight excluding hydrogens is 315 g/mol. The molecule has 6 heteroatoms. The molecule has 2 nitrogen and oxygen atoms in total. The third-order valence-corrected chi connectivity index (χ3v) is 3.26. The first kappa shape index (κ1) is 18.5.